The summed E-state index contributed by atoms with van der Waals surface area (Å²) in [5, 5.41) is 0. The summed E-state index contributed by atoms with van der Waals surface area (Å²) in [6, 6.07) is 0.112. The van der Waals surface area contributed by atoms with E-state index in [-0.39, 0.29) is 46.4 Å². The number of hydrogen-bond donors (Lipinski definition) is 0. The van der Waals surface area contributed by atoms with Gasteiger partial charge < -0.3 is 4.72 Å². The van der Waals surface area contributed by atoms with Crippen molar-refractivity contribution in [3.63, 3.8) is 0 Å². The van der Waals surface area contributed by atoms with Crippen LogP contribution in [0.2, 0.25) is 0 Å². The fourth-order valence-corrected chi connectivity index (χ4v) is 6.19. The Labute approximate surface area is 114 Å². The second-order valence-corrected chi connectivity index (χ2v) is 7.36. The molecule has 1 aliphatic heterocycles. The van der Waals surface area contributed by atoms with Crippen molar-refractivity contribution in [3.8, 4) is 0 Å². The summed E-state index contributed by atoms with van der Waals surface area (Å²) in [4.78, 5) is 0. The molecule has 3 nitrogen and oxygen atoms in total. The fraction of sp³-hybridized carbons (Fsp3) is 1.00. The van der Waals surface area contributed by atoms with Gasteiger partial charge in [-0.1, -0.05) is 20.3 Å². The molecule has 15 heavy (non-hydrogen) atoms. The molecule has 3 fully saturated rings. The minimum Gasteiger partial charge on any atom is -0.546 e. The van der Waals surface area contributed by atoms with Gasteiger partial charge in [-0.05, 0) is 29.6 Å². The summed E-state index contributed by atoms with van der Waals surface area (Å²) in [6.45, 7) is 4.47. The van der Waals surface area contributed by atoms with Gasteiger partial charge in [0.05, 0.1) is 10.0 Å². The Hall–Kier alpha value is 0.910. The summed E-state index contributed by atoms with van der Waals surface area (Å²) in [5.41, 5.74) is 0.182. The third-order valence-electron chi connectivity index (χ3n) is 5.12. The van der Waals surface area contributed by atoms with E-state index in [9.17, 15) is 8.42 Å². The quantitative estimate of drug-likeness (QED) is 0.502. The van der Waals surface area contributed by atoms with E-state index in [1.807, 2.05) is 0 Å². The molecule has 1 spiro atoms. The molecule has 1 saturated heterocycles. The van der Waals surface area contributed by atoms with E-state index in [1.165, 1.54) is 6.42 Å². The Morgan fingerprint density at radius 1 is 1.33 bits per heavy atom. The van der Waals surface area contributed by atoms with Crippen molar-refractivity contribution in [1.29, 1.82) is 0 Å². The van der Waals surface area contributed by atoms with Crippen LogP contribution in [0.25, 0.3) is 4.72 Å². The summed E-state index contributed by atoms with van der Waals surface area (Å²) in [6.07, 6.45) is 3.28. The maximum atomic E-state index is 11.5. The van der Waals surface area contributed by atoms with Crippen molar-refractivity contribution in [1.82, 2.24) is 0 Å². The average Bonchev–Trinajstić information content (AvgIpc) is 2.50. The van der Waals surface area contributed by atoms with Crippen molar-refractivity contribution in [2.75, 3.05) is 5.75 Å². The molecule has 0 amide bonds. The number of rotatable bonds is 0. The number of nitrogens with zero attached hydrogens (tertiary/aromatic N) is 1. The smallest absolute Gasteiger partial charge is 0.546 e. The number of sulfonamides is 1. The minimum atomic E-state index is -3.10. The fourth-order valence-electron chi connectivity index (χ4n) is 4.08. The molecule has 80 valence electrons. The molecule has 2 saturated carbocycles. The van der Waals surface area contributed by atoms with E-state index in [0.717, 1.165) is 12.8 Å². The van der Waals surface area contributed by atoms with Crippen LogP contribution in [0, 0.1) is 16.7 Å². The average molecular weight is 237 g/mol. The van der Waals surface area contributed by atoms with E-state index in [1.54, 1.807) is 0 Å². The molecule has 2 aliphatic carbocycles. The largest absolute Gasteiger partial charge is 1.00 e. The number of hydrogen-bond acceptors (Lipinski definition) is 2. The summed E-state index contributed by atoms with van der Waals surface area (Å²) >= 11 is 0. The normalized spacial score (nSPS) is 48.7. The Balaban J connectivity index is 0.000000853. The standard InChI is InChI=1S/C10H16NO2S.Na/c1-9(2)7-3-4-10(9)6-14(12,13)11-8(10)5-7;/h7-8H,3-6H2,1-2H3;/q-1;+1/t7-,8-,10-;/m0./s1. The first kappa shape index (κ1) is 12.4. The molecule has 5 heteroatoms. The molecule has 0 N–H and O–H groups in total. The van der Waals surface area contributed by atoms with Crippen molar-refractivity contribution < 1.29 is 38.0 Å². The number of fused-ring (bicyclic) bond motifs is 1. The van der Waals surface area contributed by atoms with Crippen LogP contribution in [-0.2, 0) is 10.0 Å². The Bertz CT molecular complexity index is 392. The molecule has 1 heterocycles. The van der Waals surface area contributed by atoms with Crippen LogP contribution in [0.15, 0.2) is 0 Å². The van der Waals surface area contributed by atoms with E-state index >= 15 is 0 Å². The molecule has 0 aromatic rings. The van der Waals surface area contributed by atoms with Crippen LogP contribution in [-0.4, -0.2) is 20.2 Å². The molecule has 3 atom stereocenters. The molecule has 0 unspecified atom stereocenters. The second-order valence-electron chi connectivity index (χ2n) is 5.70. The Morgan fingerprint density at radius 2 is 2.00 bits per heavy atom. The topological polar surface area (TPSA) is 48.2 Å². The minimum absolute atomic E-state index is 0. The van der Waals surface area contributed by atoms with Crippen molar-refractivity contribution in [2.45, 2.75) is 39.2 Å². The zero-order valence-electron chi connectivity index (χ0n) is 9.66. The van der Waals surface area contributed by atoms with Gasteiger partial charge >= 0.3 is 29.6 Å². The zero-order chi connectivity index (χ0) is 10.2. The molecule has 3 rings (SSSR count). The third-order valence-corrected chi connectivity index (χ3v) is 6.57. The van der Waals surface area contributed by atoms with Gasteiger partial charge in [-0.2, -0.15) is 0 Å². The molecule has 0 radical (unpaired) electrons. The SMILES string of the molecule is CC1(C)[C@H]2CC[C@@]13CS(=O)(=O)[N-][C@H]3C2.[Na+]. The van der Waals surface area contributed by atoms with Gasteiger partial charge in [0.1, 0.15) is 0 Å². The van der Waals surface area contributed by atoms with E-state index in [2.05, 4.69) is 18.6 Å². The summed E-state index contributed by atoms with van der Waals surface area (Å²) in [5.74, 6) is 1.01. The van der Waals surface area contributed by atoms with Gasteiger partial charge in [0, 0.05) is 5.75 Å². The van der Waals surface area contributed by atoms with Gasteiger partial charge in [-0.25, -0.2) is 8.42 Å². The van der Waals surface area contributed by atoms with Crippen LogP contribution in [0.4, 0.5) is 0 Å². The molecular formula is C10H16NNaO2S. The summed E-state index contributed by atoms with van der Waals surface area (Å²) < 4.78 is 27.1. The molecule has 3 aliphatic rings. The van der Waals surface area contributed by atoms with Gasteiger partial charge in [0.15, 0.2) is 0 Å². The zero-order valence-corrected chi connectivity index (χ0v) is 12.5. The van der Waals surface area contributed by atoms with Crippen LogP contribution >= 0.6 is 0 Å². The van der Waals surface area contributed by atoms with E-state index in [0.29, 0.717) is 11.7 Å². The van der Waals surface area contributed by atoms with Crippen molar-refractivity contribution in [2.24, 2.45) is 16.7 Å². The predicted molar refractivity (Wildman–Crippen MR) is 54.5 cm³/mol. The maximum absolute atomic E-state index is 11.5. The first-order valence-electron chi connectivity index (χ1n) is 5.32. The maximum Gasteiger partial charge on any atom is 1.00 e. The predicted octanol–water partition coefficient (Wildman–Crippen LogP) is -1.10. The van der Waals surface area contributed by atoms with Crippen molar-refractivity contribution >= 4 is 10.0 Å². The molecule has 2 bridgehead atoms. The molecule has 0 aromatic carbocycles. The van der Waals surface area contributed by atoms with Crippen LogP contribution in [0.1, 0.15) is 33.1 Å². The monoisotopic (exact) mass is 237 g/mol. The first-order valence-corrected chi connectivity index (χ1v) is 6.93. The van der Waals surface area contributed by atoms with E-state index in [4.69, 9.17) is 0 Å². The molecular weight excluding hydrogens is 221 g/mol. The van der Waals surface area contributed by atoms with Gasteiger partial charge in [-0.15, -0.1) is 6.04 Å². The third kappa shape index (κ3) is 1.35. The first-order chi connectivity index (χ1) is 6.37. The van der Waals surface area contributed by atoms with Crippen LogP contribution < -0.4 is 29.6 Å². The van der Waals surface area contributed by atoms with E-state index < -0.39 is 10.0 Å². The van der Waals surface area contributed by atoms with Crippen molar-refractivity contribution in [3.05, 3.63) is 4.72 Å². The van der Waals surface area contributed by atoms with Crippen LogP contribution in [0.3, 0.4) is 0 Å². The molecule has 0 aromatic heterocycles. The Morgan fingerprint density at radius 3 is 2.53 bits per heavy atom. The van der Waals surface area contributed by atoms with Crippen LogP contribution in [0.5, 0.6) is 0 Å². The van der Waals surface area contributed by atoms with Gasteiger partial charge in [-0.3, -0.25) is 0 Å². The summed E-state index contributed by atoms with van der Waals surface area (Å²) in [7, 11) is -3.10. The van der Waals surface area contributed by atoms with Gasteiger partial charge in [0.25, 0.3) is 0 Å². The Kier molecular flexibility index (Phi) is 2.66. The second kappa shape index (κ2) is 3.22. The van der Waals surface area contributed by atoms with Gasteiger partial charge in [0.2, 0.25) is 0 Å².